The number of anilines is 1. The van der Waals surface area contributed by atoms with E-state index in [9.17, 15) is 18.0 Å². The molecule has 0 fully saturated rings. The fourth-order valence-corrected chi connectivity index (χ4v) is 5.07. The number of nitrogens with one attached hydrogen (secondary N) is 1. The minimum Gasteiger partial charge on any atom is -0.352 e. The SMILES string of the molecule is CCc1ccc(N(CCCC(=O)N(Cc2ccc(Cl)c(Cl)c2)[C@@H](C)C(=O)N[C@@H](C)CC)S(C)(=O)=O)cc1. The van der Waals surface area contributed by atoms with Gasteiger partial charge in [0.2, 0.25) is 21.8 Å². The van der Waals surface area contributed by atoms with Crippen LogP contribution in [0.5, 0.6) is 0 Å². The van der Waals surface area contributed by atoms with E-state index in [1.54, 1.807) is 37.3 Å². The van der Waals surface area contributed by atoms with Crippen LogP contribution in [0.2, 0.25) is 10.0 Å². The molecule has 2 atom stereocenters. The molecular formula is C27H37Cl2N3O4S. The van der Waals surface area contributed by atoms with Crippen LogP contribution in [0, 0.1) is 0 Å². The first kappa shape index (κ1) is 30.9. The summed E-state index contributed by atoms with van der Waals surface area (Å²) >= 11 is 12.2. The van der Waals surface area contributed by atoms with Crippen molar-refractivity contribution in [3.63, 3.8) is 0 Å². The first-order valence-corrected chi connectivity index (χ1v) is 15.1. The molecule has 2 aromatic carbocycles. The first-order valence-electron chi connectivity index (χ1n) is 12.5. The highest BCUT2D eigenvalue weighted by molar-refractivity contribution is 7.92. The van der Waals surface area contributed by atoms with Gasteiger partial charge >= 0.3 is 0 Å². The lowest BCUT2D eigenvalue weighted by Crippen LogP contribution is -2.49. The van der Waals surface area contributed by atoms with Gasteiger partial charge in [0.15, 0.2) is 0 Å². The number of aryl methyl sites for hydroxylation is 1. The standard InChI is InChI=1S/C27H37Cl2N3O4S/c1-6-19(3)30-27(34)20(4)31(18-22-12-15-24(28)25(29)17-22)26(33)9-8-16-32(37(5,35)36)23-13-10-21(7-2)11-14-23/h10-15,17,19-20H,6-9,16,18H2,1-5H3,(H,30,34)/t19-,20-/m0/s1. The summed E-state index contributed by atoms with van der Waals surface area (Å²) in [6.45, 7) is 7.90. The summed E-state index contributed by atoms with van der Waals surface area (Å²) in [5.41, 5.74) is 2.40. The minimum atomic E-state index is -3.54. The number of carbonyl (C=O) groups is 2. The van der Waals surface area contributed by atoms with Gasteiger partial charge in [-0.25, -0.2) is 8.42 Å². The fraction of sp³-hybridized carbons (Fsp3) is 0.481. The molecule has 0 saturated carbocycles. The maximum absolute atomic E-state index is 13.4. The molecule has 2 amide bonds. The molecule has 0 heterocycles. The number of hydrogen-bond acceptors (Lipinski definition) is 4. The molecule has 2 rings (SSSR count). The normalized spacial score (nSPS) is 13.1. The Kier molecular flexibility index (Phi) is 11.7. The summed E-state index contributed by atoms with van der Waals surface area (Å²) in [5, 5.41) is 3.69. The zero-order chi connectivity index (χ0) is 27.8. The van der Waals surface area contributed by atoms with E-state index in [-0.39, 0.29) is 37.4 Å². The van der Waals surface area contributed by atoms with Gasteiger partial charge in [-0.3, -0.25) is 13.9 Å². The van der Waals surface area contributed by atoms with Crippen LogP contribution in [0.3, 0.4) is 0 Å². The summed E-state index contributed by atoms with van der Waals surface area (Å²) in [6.07, 6.45) is 3.13. The Labute approximate surface area is 231 Å². The molecule has 0 aliphatic heterocycles. The van der Waals surface area contributed by atoms with Gasteiger partial charge < -0.3 is 10.2 Å². The molecule has 0 aliphatic rings. The topological polar surface area (TPSA) is 86.8 Å². The average Bonchev–Trinajstić information content (AvgIpc) is 2.85. The molecule has 37 heavy (non-hydrogen) atoms. The maximum atomic E-state index is 13.4. The fourth-order valence-electron chi connectivity index (χ4n) is 3.78. The van der Waals surface area contributed by atoms with Gasteiger partial charge in [-0.05, 0) is 68.5 Å². The predicted octanol–water partition coefficient (Wildman–Crippen LogP) is 5.43. The zero-order valence-electron chi connectivity index (χ0n) is 22.1. The molecule has 0 unspecified atom stereocenters. The van der Waals surface area contributed by atoms with Crippen LogP contribution in [-0.2, 0) is 32.6 Å². The number of sulfonamides is 1. The van der Waals surface area contributed by atoms with Crippen LogP contribution in [-0.4, -0.2) is 50.0 Å². The lowest BCUT2D eigenvalue weighted by atomic mass is 10.1. The average molecular weight is 571 g/mol. The second-order valence-electron chi connectivity index (χ2n) is 9.22. The van der Waals surface area contributed by atoms with Crippen LogP contribution in [0.15, 0.2) is 42.5 Å². The number of rotatable bonds is 13. The molecule has 0 radical (unpaired) electrons. The van der Waals surface area contributed by atoms with Gasteiger partial charge in [-0.15, -0.1) is 0 Å². The number of hydrogen-bond donors (Lipinski definition) is 1. The highest BCUT2D eigenvalue weighted by Gasteiger charge is 2.27. The Morgan fingerprint density at radius 2 is 1.59 bits per heavy atom. The van der Waals surface area contributed by atoms with Gasteiger partial charge in [-0.1, -0.05) is 55.2 Å². The molecule has 7 nitrogen and oxygen atoms in total. The Hall–Kier alpha value is -2.29. The van der Waals surface area contributed by atoms with Crippen molar-refractivity contribution in [2.45, 2.75) is 72.0 Å². The lowest BCUT2D eigenvalue weighted by Gasteiger charge is -2.30. The second-order valence-corrected chi connectivity index (χ2v) is 11.9. The third-order valence-corrected chi connectivity index (χ3v) is 8.22. The minimum absolute atomic E-state index is 0.0284. The van der Waals surface area contributed by atoms with E-state index in [0.29, 0.717) is 22.2 Å². The third-order valence-electron chi connectivity index (χ3n) is 6.29. The highest BCUT2D eigenvalue weighted by Crippen LogP contribution is 2.24. The largest absolute Gasteiger partial charge is 0.352 e. The molecule has 0 bridgehead atoms. The van der Waals surface area contributed by atoms with Crippen molar-refractivity contribution in [3.8, 4) is 0 Å². The van der Waals surface area contributed by atoms with Gasteiger partial charge in [-0.2, -0.15) is 0 Å². The molecule has 204 valence electrons. The van der Waals surface area contributed by atoms with Crippen molar-refractivity contribution < 1.29 is 18.0 Å². The van der Waals surface area contributed by atoms with E-state index in [1.807, 2.05) is 32.9 Å². The van der Waals surface area contributed by atoms with E-state index >= 15 is 0 Å². The smallest absolute Gasteiger partial charge is 0.242 e. The Balaban J connectivity index is 2.19. The molecule has 1 N–H and O–H groups in total. The monoisotopic (exact) mass is 569 g/mol. The van der Waals surface area contributed by atoms with Crippen molar-refractivity contribution in [2.75, 3.05) is 17.1 Å². The van der Waals surface area contributed by atoms with E-state index in [2.05, 4.69) is 5.32 Å². The lowest BCUT2D eigenvalue weighted by molar-refractivity contribution is -0.140. The van der Waals surface area contributed by atoms with Gasteiger partial charge in [0, 0.05) is 25.6 Å². The number of halogens is 2. The Morgan fingerprint density at radius 1 is 0.973 bits per heavy atom. The number of benzene rings is 2. The van der Waals surface area contributed by atoms with Crippen molar-refractivity contribution in [1.82, 2.24) is 10.2 Å². The molecule has 2 aromatic rings. The summed E-state index contributed by atoms with van der Waals surface area (Å²) < 4.78 is 26.3. The molecule has 10 heteroatoms. The molecule has 0 aromatic heterocycles. The van der Waals surface area contributed by atoms with Gasteiger partial charge in [0.1, 0.15) is 6.04 Å². The molecule has 0 saturated heterocycles. The zero-order valence-corrected chi connectivity index (χ0v) is 24.5. The van der Waals surface area contributed by atoms with Crippen molar-refractivity contribution in [2.24, 2.45) is 0 Å². The van der Waals surface area contributed by atoms with Crippen molar-refractivity contribution in [1.29, 1.82) is 0 Å². The van der Waals surface area contributed by atoms with Crippen LogP contribution in [0.4, 0.5) is 5.69 Å². The van der Waals surface area contributed by atoms with Gasteiger partial charge in [0.25, 0.3) is 0 Å². The number of carbonyl (C=O) groups excluding carboxylic acids is 2. The quantitative estimate of drug-likeness (QED) is 0.348. The first-order chi connectivity index (χ1) is 17.4. The Bertz CT molecular complexity index is 1170. The van der Waals surface area contributed by atoms with E-state index in [1.165, 1.54) is 9.21 Å². The van der Waals surface area contributed by atoms with Crippen LogP contribution in [0.25, 0.3) is 0 Å². The third kappa shape index (κ3) is 9.20. The number of amides is 2. The van der Waals surface area contributed by atoms with E-state index in [4.69, 9.17) is 23.2 Å². The highest BCUT2D eigenvalue weighted by atomic mass is 35.5. The van der Waals surface area contributed by atoms with Crippen LogP contribution < -0.4 is 9.62 Å². The summed E-state index contributed by atoms with van der Waals surface area (Å²) in [5.74, 6) is -0.510. The number of nitrogens with zero attached hydrogens (tertiary/aromatic N) is 2. The Morgan fingerprint density at radius 3 is 2.14 bits per heavy atom. The van der Waals surface area contributed by atoms with Crippen molar-refractivity contribution in [3.05, 3.63) is 63.6 Å². The van der Waals surface area contributed by atoms with Crippen molar-refractivity contribution >= 4 is 50.7 Å². The van der Waals surface area contributed by atoms with Crippen LogP contribution in [0.1, 0.15) is 58.1 Å². The second kappa shape index (κ2) is 14.0. The van der Waals surface area contributed by atoms with E-state index in [0.717, 1.165) is 30.2 Å². The summed E-state index contributed by atoms with van der Waals surface area (Å²) in [4.78, 5) is 27.7. The predicted molar refractivity (Wildman–Crippen MR) is 152 cm³/mol. The van der Waals surface area contributed by atoms with Gasteiger partial charge in [0.05, 0.1) is 22.0 Å². The van der Waals surface area contributed by atoms with E-state index < -0.39 is 16.1 Å². The van der Waals surface area contributed by atoms with Crippen LogP contribution >= 0.6 is 23.2 Å². The molecule has 0 aliphatic carbocycles. The molecular weight excluding hydrogens is 533 g/mol. The summed E-state index contributed by atoms with van der Waals surface area (Å²) in [6, 6.07) is 11.7. The summed E-state index contributed by atoms with van der Waals surface area (Å²) in [7, 11) is -3.54. The maximum Gasteiger partial charge on any atom is 0.242 e. The molecule has 0 spiro atoms.